The molecule has 0 aliphatic rings. The van der Waals surface area contributed by atoms with Crippen LogP contribution in [-0.4, -0.2) is 46.2 Å². The maximum Gasteiger partial charge on any atom is 0.320 e. The van der Waals surface area contributed by atoms with Gasteiger partial charge in [-0.05, 0) is 24.9 Å². The fourth-order valence-corrected chi connectivity index (χ4v) is 1.29. The van der Waals surface area contributed by atoms with Gasteiger partial charge in [-0.25, -0.2) is 0 Å². The number of thioether (sulfide) groups is 1. The van der Waals surface area contributed by atoms with Crippen LogP contribution in [0.2, 0.25) is 0 Å². The van der Waals surface area contributed by atoms with E-state index in [9.17, 15) is 9.59 Å². The molecule has 17 heavy (non-hydrogen) atoms. The van der Waals surface area contributed by atoms with Crippen LogP contribution in [0.4, 0.5) is 0 Å². The molecule has 0 saturated carbocycles. The van der Waals surface area contributed by atoms with Crippen molar-refractivity contribution in [2.75, 3.05) is 12.0 Å². The van der Waals surface area contributed by atoms with Crippen LogP contribution < -0.4 is 11.5 Å². The van der Waals surface area contributed by atoms with Crippen molar-refractivity contribution in [2.45, 2.75) is 38.3 Å². The average Bonchev–Trinajstić information content (AvgIpc) is 2.26. The van der Waals surface area contributed by atoms with Crippen LogP contribution in [0, 0.1) is 0 Å². The highest BCUT2D eigenvalue weighted by Crippen LogP contribution is 1.97. The molecule has 0 radical (unpaired) electrons. The van der Waals surface area contributed by atoms with Crippen LogP contribution in [-0.2, 0) is 9.59 Å². The Kier molecular flexibility index (Phi) is 12.8. The second kappa shape index (κ2) is 11.7. The van der Waals surface area contributed by atoms with Gasteiger partial charge in [0.1, 0.15) is 12.1 Å². The zero-order valence-corrected chi connectivity index (χ0v) is 11.1. The Bertz CT molecular complexity index is 226. The van der Waals surface area contributed by atoms with Crippen LogP contribution in [0.15, 0.2) is 0 Å². The number of carbonyl (C=O) groups is 2. The number of hydrogen-bond acceptors (Lipinski definition) is 5. The predicted octanol–water partition coefficient (Wildman–Crippen LogP) is 0.350. The Hall–Kier alpha value is -0.790. The molecule has 0 amide bonds. The van der Waals surface area contributed by atoms with Gasteiger partial charge in [-0.2, -0.15) is 11.8 Å². The molecular weight excluding hydrogens is 244 g/mol. The van der Waals surface area contributed by atoms with E-state index in [1.807, 2.05) is 13.2 Å². The van der Waals surface area contributed by atoms with Crippen molar-refractivity contribution >= 4 is 23.7 Å². The highest BCUT2D eigenvalue weighted by molar-refractivity contribution is 7.98. The van der Waals surface area contributed by atoms with Gasteiger partial charge in [-0.3, -0.25) is 9.59 Å². The Morgan fingerprint density at radius 3 is 1.76 bits per heavy atom. The van der Waals surface area contributed by atoms with Crippen LogP contribution in [0.25, 0.3) is 0 Å². The summed E-state index contributed by atoms with van der Waals surface area (Å²) in [5, 5.41) is 16.5. The molecule has 0 bridgehead atoms. The second-order valence-corrected chi connectivity index (χ2v) is 4.45. The molecule has 2 atom stereocenters. The summed E-state index contributed by atoms with van der Waals surface area (Å²) in [6.07, 6.45) is 3.87. The summed E-state index contributed by atoms with van der Waals surface area (Å²) in [7, 11) is 0. The molecule has 0 aromatic rings. The van der Waals surface area contributed by atoms with E-state index in [-0.39, 0.29) is 0 Å². The van der Waals surface area contributed by atoms with Crippen molar-refractivity contribution in [3.05, 3.63) is 0 Å². The number of rotatable bonds is 7. The van der Waals surface area contributed by atoms with E-state index in [4.69, 9.17) is 21.7 Å². The van der Waals surface area contributed by atoms with Gasteiger partial charge in [-0.15, -0.1) is 0 Å². The van der Waals surface area contributed by atoms with Gasteiger partial charge in [0.25, 0.3) is 0 Å². The molecule has 0 aliphatic heterocycles. The number of nitrogens with two attached hydrogens (primary N) is 2. The van der Waals surface area contributed by atoms with Gasteiger partial charge in [0, 0.05) is 0 Å². The lowest BCUT2D eigenvalue weighted by atomic mass is 10.2. The summed E-state index contributed by atoms with van der Waals surface area (Å²) in [6.45, 7) is 1.91. The molecule has 2 unspecified atom stereocenters. The topological polar surface area (TPSA) is 127 Å². The lowest BCUT2D eigenvalue weighted by Crippen LogP contribution is -2.30. The van der Waals surface area contributed by atoms with Gasteiger partial charge < -0.3 is 21.7 Å². The molecule has 0 aliphatic carbocycles. The summed E-state index contributed by atoms with van der Waals surface area (Å²) in [6, 6.07) is -1.35. The summed E-state index contributed by atoms with van der Waals surface area (Å²) >= 11 is 1.60. The van der Waals surface area contributed by atoms with Crippen LogP contribution in [0.3, 0.4) is 0 Å². The van der Waals surface area contributed by atoms with Crippen LogP contribution >= 0.6 is 11.8 Å². The van der Waals surface area contributed by atoms with Crippen molar-refractivity contribution in [2.24, 2.45) is 11.5 Å². The monoisotopic (exact) mass is 266 g/mol. The quantitative estimate of drug-likeness (QED) is 0.523. The van der Waals surface area contributed by atoms with Gasteiger partial charge >= 0.3 is 11.9 Å². The van der Waals surface area contributed by atoms with Gasteiger partial charge in [0.2, 0.25) is 0 Å². The van der Waals surface area contributed by atoms with E-state index in [0.29, 0.717) is 12.8 Å². The first-order valence-electron chi connectivity index (χ1n) is 5.32. The van der Waals surface area contributed by atoms with Crippen LogP contribution in [0.5, 0.6) is 0 Å². The van der Waals surface area contributed by atoms with E-state index in [2.05, 4.69) is 0 Å². The molecule has 0 saturated heterocycles. The van der Waals surface area contributed by atoms with Crippen LogP contribution in [0.1, 0.15) is 26.2 Å². The van der Waals surface area contributed by atoms with E-state index in [0.717, 1.165) is 12.2 Å². The van der Waals surface area contributed by atoms with E-state index in [1.165, 1.54) is 0 Å². The fourth-order valence-electron chi connectivity index (χ4n) is 0.803. The molecule has 0 rings (SSSR count). The summed E-state index contributed by atoms with van der Waals surface area (Å²) in [4.78, 5) is 20.0. The highest BCUT2D eigenvalue weighted by atomic mass is 32.2. The van der Waals surface area contributed by atoms with Gasteiger partial charge in [0.15, 0.2) is 0 Å². The summed E-state index contributed by atoms with van der Waals surface area (Å²) < 4.78 is 0. The standard InChI is InChI=1S/C5H11NO2S.C5H11NO2/c1-9-3-2-4(6)5(7)8;1-2-3-4(6)5(7)8/h4H,2-3,6H2,1H3,(H,7,8);4H,2-3,6H2,1H3,(H,7,8). The third-order valence-corrected chi connectivity index (χ3v) is 2.51. The smallest absolute Gasteiger partial charge is 0.320 e. The first-order chi connectivity index (χ1) is 7.86. The molecule has 102 valence electrons. The largest absolute Gasteiger partial charge is 0.480 e. The summed E-state index contributed by atoms with van der Waals surface area (Å²) in [5.41, 5.74) is 10.3. The maximum absolute atomic E-state index is 10.1. The zero-order chi connectivity index (χ0) is 13.8. The van der Waals surface area contributed by atoms with E-state index >= 15 is 0 Å². The molecule has 0 spiro atoms. The Labute approximate surface area is 106 Å². The minimum atomic E-state index is -0.913. The molecule has 0 heterocycles. The van der Waals surface area contributed by atoms with Crippen molar-refractivity contribution in [1.82, 2.24) is 0 Å². The SMILES string of the molecule is CCCC(N)C(=O)O.CSCCC(N)C(=O)O. The van der Waals surface area contributed by atoms with E-state index in [1.54, 1.807) is 11.8 Å². The number of aliphatic carboxylic acids is 2. The molecule has 6 N–H and O–H groups in total. The molecule has 0 aromatic heterocycles. The molecule has 0 aromatic carbocycles. The fraction of sp³-hybridized carbons (Fsp3) is 0.800. The van der Waals surface area contributed by atoms with E-state index < -0.39 is 24.0 Å². The summed E-state index contributed by atoms with van der Waals surface area (Å²) in [5.74, 6) is -1.01. The molecule has 6 nitrogen and oxygen atoms in total. The molecule has 7 heteroatoms. The highest BCUT2D eigenvalue weighted by Gasteiger charge is 2.09. The van der Waals surface area contributed by atoms with Crippen molar-refractivity contribution in [3.8, 4) is 0 Å². The lowest BCUT2D eigenvalue weighted by Gasteiger charge is -2.02. The minimum absolute atomic E-state index is 0.552. The van der Waals surface area contributed by atoms with Crippen molar-refractivity contribution < 1.29 is 19.8 Å². The predicted molar refractivity (Wildman–Crippen MR) is 69.1 cm³/mol. The third-order valence-electron chi connectivity index (χ3n) is 1.87. The number of carboxylic acid groups (broad SMARTS) is 2. The first kappa shape index (κ1) is 18.6. The minimum Gasteiger partial charge on any atom is -0.480 e. The average molecular weight is 266 g/mol. The van der Waals surface area contributed by atoms with Gasteiger partial charge in [-0.1, -0.05) is 13.3 Å². The van der Waals surface area contributed by atoms with Gasteiger partial charge in [0.05, 0.1) is 0 Å². The normalized spacial score (nSPS) is 13.2. The third kappa shape index (κ3) is 13.1. The van der Waals surface area contributed by atoms with Crippen molar-refractivity contribution in [1.29, 1.82) is 0 Å². The molecular formula is C10H22N2O4S. The lowest BCUT2D eigenvalue weighted by molar-refractivity contribution is -0.139. The molecule has 0 fully saturated rings. The second-order valence-electron chi connectivity index (χ2n) is 3.46. The Balaban J connectivity index is 0. The first-order valence-corrected chi connectivity index (χ1v) is 6.71. The number of hydrogen-bond donors (Lipinski definition) is 4. The Morgan fingerprint density at radius 1 is 1.12 bits per heavy atom. The Morgan fingerprint density at radius 2 is 1.53 bits per heavy atom. The van der Waals surface area contributed by atoms with Crippen molar-refractivity contribution in [3.63, 3.8) is 0 Å². The maximum atomic E-state index is 10.1. The number of carboxylic acids is 2. The zero-order valence-electron chi connectivity index (χ0n) is 10.3.